The first-order chi connectivity index (χ1) is 13.8. The van der Waals surface area contributed by atoms with E-state index in [1.54, 1.807) is 23.0 Å². The molecule has 0 saturated heterocycles. The number of hydrogen-bond donors (Lipinski definition) is 0. The second-order valence-electron chi connectivity index (χ2n) is 7.04. The molecule has 0 N–H and O–H groups in total. The Hall–Kier alpha value is -1.85. The molecule has 0 aliphatic heterocycles. The Balaban J connectivity index is 1.90. The third-order valence-corrected chi connectivity index (χ3v) is 6.99. The van der Waals surface area contributed by atoms with Crippen molar-refractivity contribution >= 4 is 56.4 Å². The van der Waals surface area contributed by atoms with Gasteiger partial charge in [0.2, 0.25) is 0 Å². The number of thiophene rings is 1. The largest absolute Gasteiger partial charge is 0.294 e. The Labute approximate surface area is 187 Å². The third-order valence-electron chi connectivity index (χ3n) is 5.08. The first kappa shape index (κ1) is 20.4. The van der Waals surface area contributed by atoms with E-state index in [-0.39, 0.29) is 12.1 Å². The zero-order valence-electron chi connectivity index (χ0n) is 16.0. The predicted molar refractivity (Wildman–Crippen MR) is 124 cm³/mol. The van der Waals surface area contributed by atoms with Gasteiger partial charge in [0.25, 0.3) is 5.56 Å². The van der Waals surface area contributed by atoms with Crippen LogP contribution in [0.2, 0.25) is 15.1 Å². The summed E-state index contributed by atoms with van der Waals surface area (Å²) in [4.78, 5) is 19.7. The summed E-state index contributed by atoms with van der Waals surface area (Å²) >= 11 is 20.2. The molecule has 2 aromatic carbocycles. The van der Waals surface area contributed by atoms with Gasteiger partial charge in [0, 0.05) is 31.1 Å². The summed E-state index contributed by atoms with van der Waals surface area (Å²) in [6, 6.07) is 9.50. The lowest BCUT2D eigenvalue weighted by Crippen LogP contribution is -2.21. The molecule has 0 atom stereocenters. The molecular formula is C22H17Cl3N2OS. The van der Waals surface area contributed by atoms with Crippen molar-refractivity contribution in [3.8, 4) is 11.1 Å². The first-order valence-corrected chi connectivity index (χ1v) is 10.9. The van der Waals surface area contributed by atoms with E-state index in [9.17, 15) is 4.79 Å². The van der Waals surface area contributed by atoms with Crippen molar-refractivity contribution in [2.45, 2.75) is 27.3 Å². The Morgan fingerprint density at radius 2 is 1.69 bits per heavy atom. The summed E-state index contributed by atoms with van der Waals surface area (Å²) < 4.78 is 1.54. The van der Waals surface area contributed by atoms with Gasteiger partial charge in [-0.2, -0.15) is 0 Å². The maximum Gasteiger partial charge on any atom is 0.263 e. The topological polar surface area (TPSA) is 34.9 Å². The van der Waals surface area contributed by atoms with Crippen LogP contribution in [-0.4, -0.2) is 9.55 Å². The molecule has 0 aliphatic carbocycles. The summed E-state index contributed by atoms with van der Waals surface area (Å²) in [5.74, 6) is 0. The lowest BCUT2D eigenvalue weighted by atomic mass is 9.99. The number of nitrogens with zero attached hydrogens (tertiary/aromatic N) is 2. The fourth-order valence-corrected chi connectivity index (χ4v) is 5.33. The van der Waals surface area contributed by atoms with E-state index in [1.807, 2.05) is 6.92 Å². The van der Waals surface area contributed by atoms with E-state index in [2.05, 4.69) is 37.0 Å². The standard InChI is InChI=1S/C22H17Cl3N2OS/c1-11-4-5-14(6-12(11)2)19-13(3)29-21-20(19)22(28)27(10-26-21)9-16-17(24)7-15(23)8-18(16)25/h4-8,10H,9H2,1-3H3. The highest BCUT2D eigenvalue weighted by Gasteiger charge is 2.18. The molecule has 29 heavy (non-hydrogen) atoms. The number of fused-ring (bicyclic) bond motifs is 1. The minimum Gasteiger partial charge on any atom is -0.294 e. The second-order valence-corrected chi connectivity index (χ2v) is 9.49. The average Bonchev–Trinajstić information content (AvgIpc) is 2.99. The highest BCUT2D eigenvalue weighted by Crippen LogP contribution is 2.36. The van der Waals surface area contributed by atoms with Crippen molar-refractivity contribution in [3.05, 3.63) is 83.6 Å². The van der Waals surface area contributed by atoms with E-state index < -0.39 is 0 Å². The smallest absolute Gasteiger partial charge is 0.263 e. The van der Waals surface area contributed by atoms with Gasteiger partial charge in [-0.15, -0.1) is 11.3 Å². The molecule has 148 valence electrons. The molecule has 0 bridgehead atoms. The molecule has 0 fully saturated rings. The van der Waals surface area contributed by atoms with Crippen LogP contribution in [0.3, 0.4) is 0 Å². The number of aromatic nitrogens is 2. The van der Waals surface area contributed by atoms with E-state index in [0.717, 1.165) is 20.8 Å². The van der Waals surface area contributed by atoms with Crippen molar-refractivity contribution in [3.63, 3.8) is 0 Å². The lowest BCUT2D eigenvalue weighted by molar-refractivity contribution is 0.750. The summed E-state index contributed by atoms with van der Waals surface area (Å²) in [7, 11) is 0. The Kier molecular flexibility index (Phi) is 5.47. The van der Waals surface area contributed by atoms with Gasteiger partial charge in [0.1, 0.15) is 4.83 Å². The zero-order chi connectivity index (χ0) is 20.9. The summed E-state index contributed by atoms with van der Waals surface area (Å²) in [5, 5.41) is 1.92. The Morgan fingerprint density at radius 3 is 2.34 bits per heavy atom. The Morgan fingerprint density at radius 1 is 1.00 bits per heavy atom. The molecule has 2 aromatic heterocycles. The molecule has 4 rings (SSSR count). The third kappa shape index (κ3) is 3.71. The van der Waals surface area contributed by atoms with Gasteiger partial charge in [-0.05, 0) is 49.6 Å². The molecule has 0 amide bonds. The van der Waals surface area contributed by atoms with Crippen molar-refractivity contribution in [2.24, 2.45) is 0 Å². The average molecular weight is 464 g/mol. The molecule has 7 heteroatoms. The van der Waals surface area contributed by atoms with Gasteiger partial charge in [-0.25, -0.2) is 4.98 Å². The van der Waals surface area contributed by atoms with Crippen LogP contribution in [0.4, 0.5) is 0 Å². The number of aryl methyl sites for hydroxylation is 3. The van der Waals surface area contributed by atoms with Crippen molar-refractivity contribution in [2.75, 3.05) is 0 Å². The maximum atomic E-state index is 13.4. The van der Waals surface area contributed by atoms with Crippen LogP contribution in [-0.2, 0) is 6.54 Å². The molecule has 0 saturated carbocycles. The fourth-order valence-electron chi connectivity index (χ4n) is 3.39. The molecule has 0 aliphatic rings. The Bertz CT molecular complexity index is 1300. The quantitative estimate of drug-likeness (QED) is 0.326. The van der Waals surface area contributed by atoms with Gasteiger partial charge < -0.3 is 0 Å². The molecule has 2 heterocycles. The van der Waals surface area contributed by atoms with Gasteiger partial charge in [-0.1, -0.05) is 53.0 Å². The lowest BCUT2D eigenvalue weighted by Gasteiger charge is -2.11. The monoisotopic (exact) mass is 462 g/mol. The zero-order valence-corrected chi connectivity index (χ0v) is 19.1. The van der Waals surface area contributed by atoms with Gasteiger partial charge >= 0.3 is 0 Å². The van der Waals surface area contributed by atoms with Crippen LogP contribution in [0.25, 0.3) is 21.3 Å². The number of rotatable bonds is 3. The van der Waals surface area contributed by atoms with Crippen molar-refractivity contribution in [1.29, 1.82) is 0 Å². The van der Waals surface area contributed by atoms with E-state index in [0.29, 0.717) is 26.0 Å². The van der Waals surface area contributed by atoms with Crippen molar-refractivity contribution in [1.82, 2.24) is 9.55 Å². The van der Waals surface area contributed by atoms with Crippen LogP contribution < -0.4 is 5.56 Å². The molecule has 4 aromatic rings. The molecule has 0 spiro atoms. The van der Waals surface area contributed by atoms with Crippen LogP contribution in [0.1, 0.15) is 21.6 Å². The molecular weight excluding hydrogens is 447 g/mol. The van der Waals surface area contributed by atoms with E-state index in [1.165, 1.54) is 22.5 Å². The fraction of sp³-hybridized carbons (Fsp3) is 0.182. The van der Waals surface area contributed by atoms with Crippen LogP contribution >= 0.6 is 46.1 Å². The minimum absolute atomic E-state index is 0.116. The molecule has 0 radical (unpaired) electrons. The highest BCUT2D eigenvalue weighted by molar-refractivity contribution is 7.19. The summed E-state index contributed by atoms with van der Waals surface area (Å²) in [6.45, 7) is 6.39. The molecule has 3 nitrogen and oxygen atoms in total. The van der Waals surface area contributed by atoms with Crippen LogP contribution in [0.15, 0.2) is 41.5 Å². The van der Waals surface area contributed by atoms with Gasteiger partial charge in [-0.3, -0.25) is 9.36 Å². The van der Waals surface area contributed by atoms with Crippen LogP contribution in [0.5, 0.6) is 0 Å². The predicted octanol–water partition coefficient (Wildman–Crippen LogP) is 7.06. The minimum atomic E-state index is -0.116. The maximum absolute atomic E-state index is 13.4. The summed E-state index contributed by atoms with van der Waals surface area (Å²) in [6.07, 6.45) is 1.55. The normalized spacial score (nSPS) is 11.4. The van der Waals surface area contributed by atoms with Gasteiger partial charge in [0.05, 0.1) is 18.3 Å². The second kappa shape index (κ2) is 7.77. The SMILES string of the molecule is Cc1ccc(-c2c(C)sc3ncn(Cc4c(Cl)cc(Cl)cc4Cl)c(=O)c23)cc1C. The van der Waals surface area contributed by atoms with Crippen molar-refractivity contribution < 1.29 is 0 Å². The number of benzene rings is 2. The highest BCUT2D eigenvalue weighted by atomic mass is 35.5. The van der Waals surface area contributed by atoms with Gasteiger partial charge in [0.15, 0.2) is 0 Å². The van der Waals surface area contributed by atoms with Crippen LogP contribution in [0, 0.1) is 20.8 Å². The summed E-state index contributed by atoms with van der Waals surface area (Å²) in [5.41, 5.74) is 4.89. The number of hydrogen-bond acceptors (Lipinski definition) is 3. The van der Waals surface area contributed by atoms with E-state index in [4.69, 9.17) is 34.8 Å². The molecule has 0 unspecified atom stereocenters. The van der Waals surface area contributed by atoms with E-state index >= 15 is 0 Å². The first-order valence-electron chi connectivity index (χ1n) is 8.96. The number of halogens is 3.